The monoisotopic (exact) mass is 300 g/mol. The van der Waals surface area contributed by atoms with Crippen molar-refractivity contribution in [2.75, 3.05) is 13.3 Å². The molecule has 0 aliphatic heterocycles. The van der Waals surface area contributed by atoms with Gasteiger partial charge in [0.15, 0.2) is 0 Å². The van der Waals surface area contributed by atoms with Gasteiger partial charge in [-0.1, -0.05) is 18.5 Å². The Hall–Kier alpha value is -1.01. The van der Waals surface area contributed by atoms with Gasteiger partial charge in [-0.15, -0.1) is 0 Å². The summed E-state index contributed by atoms with van der Waals surface area (Å²) in [6.07, 6.45) is -1.88. The number of rotatable bonds is 6. The topological polar surface area (TPSA) is 29.5 Å². The fraction of sp³-hybridized carbons (Fsp3) is 0.500. The van der Waals surface area contributed by atoms with Crippen molar-refractivity contribution in [2.24, 2.45) is 0 Å². The molecule has 2 nitrogen and oxygen atoms in total. The molecule has 0 heterocycles. The van der Waals surface area contributed by atoms with Crippen molar-refractivity contribution in [3.05, 3.63) is 28.5 Å². The lowest BCUT2D eigenvalue weighted by atomic mass is 10.0. The predicted octanol–water partition coefficient (Wildman–Crippen LogP) is 3.69. The summed E-state index contributed by atoms with van der Waals surface area (Å²) >= 11 is 5.47. The van der Waals surface area contributed by atoms with Crippen LogP contribution in [0.1, 0.15) is 18.9 Å². The molecule has 1 atom stereocenters. The Morgan fingerprint density at radius 1 is 1.42 bits per heavy atom. The minimum atomic E-state index is -3.29. The molecule has 108 valence electrons. The van der Waals surface area contributed by atoms with Gasteiger partial charge >= 0.3 is 0 Å². The van der Waals surface area contributed by atoms with Crippen LogP contribution < -0.4 is 4.74 Å². The highest BCUT2D eigenvalue weighted by molar-refractivity contribution is 6.30. The Morgan fingerprint density at radius 3 is 2.53 bits per heavy atom. The van der Waals surface area contributed by atoms with E-state index in [4.69, 9.17) is 21.4 Å². The lowest BCUT2D eigenvalue weighted by molar-refractivity contribution is -0.0136. The van der Waals surface area contributed by atoms with E-state index in [-0.39, 0.29) is 0 Å². The predicted molar refractivity (Wildman–Crippen MR) is 63.1 cm³/mol. The first-order valence-electron chi connectivity index (χ1n) is 5.56. The summed E-state index contributed by atoms with van der Waals surface area (Å²) in [7, 11) is 0. The molecule has 19 heavy (non-hydrogen) atoms. The number of hydrogen-bond donors (Lipinski definition) is 1. The third-order valence-corrected chi connectivity index (χ3v) is 2.82. The number of halogens is 5. The van der Waals surface area contributed by atoms with E-state index >= 15 is 0 Å². The van der Waals surface area contributed by atoms with E-state index < -0.39 is 53.9 Å². The smallest absolute Gasteiger partial charge is 0.276 e. The second-order valence-electron chi connectivity index (χ2n) is 3.90. The summed E-state index contributed by atoms with van der Waals surface area (Å²) in [5, 5.41) is 8.31. The van der Waals surface area contributed by atoms with E-state index in [0.29, 0.717) is 6.07 Å². The highest BCUT2D eigenvalue weighted by atomic mass is 35.5. The summed E-state index contributed by atoms with van der Waals surface area (Å²) in [6, 6.07) is 1.42. The molecule has 1 aromatic carbocycles. The summed E-state index contributed by atoms with van der Waals surface area (Å²) in [5.41, 5.74) is -0.631. The highest BCUT2D eigenvalue weighted by Gasteiger charge is 2.34. The van der Waals surface area contributed by atoms with E-state index in [9.17, 15) is 17.6 Å². The first-order chi connectivity index (χ1) is 8.85. The molecule has 0 saturated carbocycles. The van der Waals surface area contributed by atoms with Gasteiger partial charge in [-0.05, 0) is 6.07 Å². The van der Waals surface area contributed by atoms with Crippen LogP contribution in [0.25, 0.3) is 0 Å². The number of ether oxygens (including phenoxy) is 1. The van der Waals surface area contributed by atoms with Gasteiger partial charge in [-0.25, -0.2) is 17.6 Å². The van der Waals surface area contributed by atoms with E-state index in [1.54, 1.807) is 0 Å². The Morgan fingerprint density at radius 2 is 2.05 bits per heavy atom. The Balaban J connectivity index is 3.24. The maximum absolute atomic E-state index is 13.7. The van der Waals surface area contributed by atoms with E-state index in [1.807, 2.05) is 0 Å². The molecule has 0 amide bonds. The van der Waals surface area contributed by atoms with Crippen LogP contribution >= 0.6 is 11.6 Å². The lowest BCUT2D eigenvalue weighted by Gasteiger charge is -2.22. The second-order valence-corrected chi connectivity index (χ2v) is 4.30. The molecule has 7 heteroatoms. The fourth-order valence-electron chi connectivity index (χ4n) is 1.40. The lowest BCUT2D eigenvalue weighted by Crippen LogP contribution is -2.25. The van der Waals surface area contributed by atoms with Crippen molar-refractivity contribution in [3.63, 3.8) is 0 Å². The average Bonchev–Trinajstić information content (AvgIpc) is 2.39. The SMILES string of the molecule is CCC(F)(F)c1cc(Cl)c(F)cc1O[C@H](CO)CF. The van der Waals surface area contributed by atoms with Crippen LogP contribution in [0.15, 0.2) is 12.1 Å². The molecule has 0 unspecified atom stereocenters. The molecule has 0 bridgehead atoms. The highest BCUT2D eigenvalue weighted by Crippen LogP contribution is 2.40. The van der Waals surface area contributed by atoms with Gasteiger partial charge in [-0.3, -0.25) is 0 Å². The van der Waals surface area contributed by atoms with Crippen molar-refractivity contribution in [1.29, 1.82) is 0 Å². The molecular weight excluding hydrogens is 288 g/mol. The number of hydrogen-bond acceptors (Lipinski definition) is 2. The first kappa shape index (κ1) is 16.0. The van der Waals surface area contributed by atoms with Gasteiger partial charge in [0.05, 0.1) is 17.2 Å². The maximum atomic E-state index is 13.7. The van der Waals surface area contributed by atoms with Crippen LogP contribution in [0.5, 0.6) is 5.75 Å². The maximum Gasteiger partial charge on any atom is 0.276 e. The zero-order valence-corrected chi connectivity index (χ0v) is 10.9. The van der Waals surface area contributed by atoms with Crippen LogP contribution in [0.4, 0.5) is 17.6 Å². The molecule has 0 aliphatic carbocycles. The van der Waals surface area contributed by atoms with Crippen LogP contribution in [-0.4, -0.2) is 24.5 Å². The van der Waals surface area contributed by atoms with Crippen molar-refractivity contribution < 1.29 is 27.4 Å². The van der Waals surface area contributed by atoms with Gasteiger partial charge in [-0.2, -0.15) is 0 Å². The Labute approximate surface area is 112 Å². The van der Waals surface area contributed by atoms with E-state index in [2.05, 4.69) is 0 Å². The molecule has 1 aromatic rings. The fourth-order valence-corrected chi connectivity index (χ4v) is 1.56. The molecule has 0 aliphatic rings. The largest absolute Gasteiger partial charge is 0.485 e. The molecule has 0 spiro atoms. The van der Waals surface area contributed by atoms with E-state index in [0.717, 1.165) is 6.07 Å². The van der Waals surface area contributed by atoms with Crippen LogP contribution in [-0.2, 0) is 5.92 Å². The zero-order valence-electron chi connectivity index (χ0n) is 10.1. The number of aliphatic hydroxyl groups is 1. The molecule has 0 fully saturated rings. The third kappa shape index (κ3) is 3.73. The minimum absolute atomic E-state index is 0.476. The number of alkyl halides is 3. The summed E-state index contributed by atoms with van der Waals surface area (Å²) in [5.74, 6) is -4.77. The minimum Gasteiger partial charge on any atom is -0.485 e. The Bertz CT molecular complexity index is 436. The summed E-state index contributed by atoms with van der Waals surface area (Å²) < 4.78 is 58.0. The van der Waals surface area contributed by atoms with Crippen LogP contribution in [0.2, 0.25) is 5.02 Å². The Kier molecular flexibility index (Phi) is 5.43. The van der Waals surface area contributed by atoms with Gasteiger partial charge in [0.1, 0.15) is 24.3 Å². The third-order valence-electron chi connectivity index (χ3n) is 2.53. The second kappa shape index (κ2) is 6.43. The molecule has 0 aromatic heterocycles. The quantitative estimate of drug-likeness (QED) is 0.812. The first-order valence-corrected chi connectivity index (χ1v) is 5.94. The molecule has 0 radical (unpaired) electrons. The van der Waals surface area contributed by atoms with Gasteiger partial charge < -0.3 is 9.84 Å². The summed E-state index contributed by atoms with van der Waals surface area (Å²) in [4.78, 5) is 0. The molecular formula is C12H13ClF4O2. The van der Waals surface area contributed by atoms with E-state index in [1.165, 1.54) is 6.92 Å². The summed E-state index contributed by atoms with van der Waals surface area (Å²) in [6.45, 7) is -0.560. The molecule has 0 saturated heterocycles. The van der Waals surface area contributed by atoms with Crippen molar-refractivity contribution in [3.8, 4) is 5.75 Å². The normalized spacial score (nSPS) is 13.4. The number of benzene rings is 1. The molecule has 1 N–H and O–H groups in total. The van der Waals surface area contributed by atoms with Crippen LogP contribution in [0.3, 0.4) is 0 Å². The van der Waals surface area contributed by atoms with Gasteiger partial charge in [0.2, 0.25) is 0 Å². The van der Waals surface area contributed by atoms with Crippen molar-refractivity contribution in [1.82, 2.24) is 0 Å². The van der Waals surface area contributed by atoms with Crippen molar-refractivity contribution in [2.45, 2.75) is 25.4 Å². The number of aliphatic hydroxyl groups excluding tert-OH is 1. The van der Waals surface area contributed by atoms with Gasteiger partial charge in [0, 0.05) is 12.5 Å². The average molecular weight is 301 g/mol. The zero-order chi connectivity index (χ0) is 14.6. The standard InChI is InChI=1S/C12H13ClF4O2/c1-2-12(16,17)8-3-9(13)10(15)4-11(8)19-7(5-14)6-18/h3-4,7,18H,2,5-6H2,1H3/t7-/m0/s1. The van der Waals surface area contributed by atoms with Crippen LogP contribution in [0, 0.1) is 5.82 Å². The van der Waals surface area contributed by atoms with Gasteiger partial charge in [0.25, 0.3) is 5.92 Å². The molecule has 1 rings (SSSR count). The van der Waals surface area contributed by atoms with Crippen molar-refractivity contribution >= 4 is 11.6 Å².